The standard InChI is InChI=1S/C33H38ClN4O5P/c1-3-33(4-2,44(40,41)42)25-12-16-27(17-13-25)35-30(39)19-18-29-31(24-10-14-26(34)15-11-24)36-32(43-29)38-22-20-37(21-23-38)28-8-6-5-7-9-28/h5-17H,3-4,18-23H2,1-2H3,(H,35,39)(H2,40,41,42). The van der Waals surface area contributed by atoms with Crippen LogP contribution in [-0.4, -0.2) is 46.9 Å². The maximum absolute atomic E-state index is 13.0. The largest absolute Gasteiger partial charge is 0.428 e. The molecule has 11 heteroatoms. The Labute approximate surface area is 263 Å². The number of aromatic nitrogens is 1. The van der Waals surface area contributed by atoms with Crippen LogP contribution in [0.1, 0.15) is 44.4 Å². The molecular formula is C33H38ClN4O5P. The van der Waals surface area contributed by atoms with Gasteiger partial charge in [-0.15, -0.1) is 0 Å². The van der Waals surface area contributed by atoms with E-state index in [2.05, 4.69) is 27.2 Å². The Morgan fingerprint density at radius 3 is 2.14 bits per heavy atom. The van der Waals surface area contributed by atoms with Crippen LogP contribution in [-0.2, 0) is 20.9 Å². The van der Waals surface area contributed by atoms with Gasteiger partial charge in [-0.1, -0.05) is 67.9 Å². The van der Waals surface area contributed by atoms with Crippen molar-refractivity contribution in [2.24, 2.45) is 0 Å². The molecule has 1 aliphatic heterocycles. The molecule has 232 valence electrons. The van der Waals surface area contributed by atoms with Crippen LogP contribution >= 0.6 is 19.2 Å². The zero-order chi connectivity index (χ0) is 31.3. The predicted molar refractivity (Wildman–Crippen MR) is 176 cm³/mol. The molecule has 0 radical (unpaired) electrons. The van der Waals surface area contributed by atoms with Crippen LogP contribution in [0, 0.1) is 0 Å². The molecule has 1 fully saturated rings. The molecule has 2 heterocycles. The summed E-state index contributed by atoms with van der Waals surface area (Å²) < 4.78 is 18.6. The van der Waals surface area contributed by atoms with E-state index in [9.17, 15) is 19.1 Å². The van der Waals surface area contributed by atoms with Gasteiger partial charge in [-0.05, 0) is 54.8 Å². The number of carbonyl (C=O) groups excluding carboxylic acids is 1. The number of para-hydroxylation sites is 1. The first-order chi connectivity index (χ1) is 21.1. The number of oxazole rings is 1. The summed E-state index contributed by atoms with van der Waals surface area (Å²) in [4.78, 5) is 42.4. The fourth-order valence-electron chi connectivity index (χ4n) is 5.82. The second-order valence-corrected chi connectivity index (χ2v) is 13.4. The molecule has 1 aliphatic rings. The van der Waals surface area contributed by atoms with Crippen molar-refractivity contribution >= 4 is 42.5 Å². The molecule has 4 aromatic rings. The lowest BCUT2D eigenvalue weighted by molar-refractivity contribution is -0.116. The van der Waals surface area contributed by atoms with Crippen LogP contribution in [0.2, 0.25) is 5.02 Å². The van der Waals surface area contributed by atoms with Crippen molar-refractivity contribution in [2.45, 2.75) is 44.7 Å². The highest BCUT2D eigenvalue weighted by molar-refractivity contribution is 7.53. The zero-order valence-electron chi connectivity index (χ0n) is 24.9. The average molecular weight is 637 g/mol. The molecule has 3 aromatic carbocycles. The number of nitrogens with one attached hydrogen (secondary N) is 1. The van der Waals surface area contributed by atoms with Crippen LogP contribution < -0.4 is 15.1 Å². The third-order valence-electron chi connectivity index (χ3n) is 8.49. The quantitative estimate of drug-likeness (QED) is 0.149. The molecule has 0 saturated carbocycles. The van der Waals surface area contributed by atoms with Gasteiger partial charge >= 0.3 is 7.60 Å². The van der Waals surface area contributed by atoms with Crippen molar-refractivity contribution in [1.29, 1.82) is 0 Å². The van der Waals surface area contributed by atoms with E-state index < -0.39 is 12.8 Å². The minimum Gasteiger partial charge on any atom is -0.428 e. The van der Waals surface area contributed by atoms with E-state index in [1.54, 1.807) is 38.1 Å². The van der Waals surface area contributed by atoms with Crippen molar-refractivity contribution in [3.05, 3.63) is 95.2 Å². The summed E-state index contributed by atoms with van der Waals surface area (Å²) in [6.45, 7) is 6.73. The number of hydrogen-bond donors (Lipinski definition) is 3. The monoisotopic (exact) mass is 636 g/mol. The number of piperazine rings is 1. The van der Waals surface area contributed by atoms with E-state index in [4.69, 9.17) is 21.0 Å². The highest BCUT2D eigenvalue weighted by Crippen LogP contribution is 2.60. The summed E-state index contributed by atoms with van der Waals surface area (Å²) in [5.74, 6) is 0.414. The highest BCUT2D eigenvalue weighted by atomic mass is 35.5. The lowest BCUT2D eigenvalue weighted by Gasteiger charge is -2.35. The molecule has 3 N–H and O–H groups in total. The van der Waals surface area contributed by atoms with Crippen molar-refractivity contribution in [2.75, 3.05) is 41.3 Å². The first kappa shape index (κ1) is 31.8. The number of benzene rings is 3. The first-order valence-electron chi connectivity index (χ1n) is 14.9. The van der Waals surface area contributed by atoms with Gasteiger partial charge in [0, 0.05) is 61.0 Å². The molecule has 0 aliphatic carbocycles. The molecule has 44 heavy (non-hydrogen) atoms. The van der Waals surface area contributed by atoms with Gasteiger partial charge in [0.15, 0.2) is 0 Å². The molecule has 0 spiro atoms. The Bertz CT molecular complexity index is 1590. The second kappa shape index (κ2) is 13.6. The summed E-state index contributed by atoms with van der Waals surface area (Å²) in [6, 6.07) is 25.0. The Morgan fingerprint density at radius 2 is 1.55 bits per heavy atom. The molecule has 1 amide bonds. The van der Waals surface area contributed by atoms with Gasteiger partial charge in [-0.2, -0.15) is 4.98 Å². The minimum absolute atomic E-state index is 0.162. The van der Waals surface area contributed by atoms with Crippen LogP contribution in [0.15, 0.2) is 83.3 Å². The smallest absolute Gasteiger partial charge is 0.335 e. The van der Waals surface area contributed by atoms with Gasteiger partial charge in [-0.25, -0.2) is 0 Å². The first-order valence-corrected chi connectivity index (χ1v) is 16.9. The van der Waals surface area contributed by atoms with E-state index in [0.29, 0.717) is 53.0 Å². The summed E-state index contributed by atoms with van der Waals surface area (Å²) in [5.41, 5.74) is 3.85. The number of anilines is 3. The zero-order valence-corrected chi connectivity index (χ0v) is 26.6. The van der Waals surface area contributed by atoms with Crippen molar-refractivity contribution < 1.29 is 23.6 Å². The molecule has 0 unspecified atom stereocenters. The number of rotatable bonds is 11. The number of carbonyl (C=O) groups is 1. The minimum atomic E-state index is -4.39. The number of hydrogen-bond acceptors (Lipinski definition) is 6. The SMILES string of the molecule is CCC(CC)(c1ccc(NC(=O)CCc2oc(N3CCN(c4ccccc4)CC3)nc2-c2ccc(Cl)cc2)cc1)P(=O)(O)O. The fourth-order valence-corrected chi connectivity index (χ4v) is 7.26. The lowest BCUT2D eigenvalue weighted by Crippen LogP contribution is -2.46. The Kier molecular flexibility index (Phi) is 9.81. The number of aryl methyl sites for hydroxylation is 1. The fraction of sp³-hybridized carbons (Fsp3) is 0.333. The highest BCUT2D eigenvalue weighted by Gasteiger charge is 2.45. The Hall–Kier alpha value is -3.62. The van der Waals surface area contributed by atoms with Gasteiger partial charge < -0.3 is 29.3 Å². The van der Waals surface area contributed by atoms with E-state index in [1.165, 1.54) is 5.69 Å². The normalized spacial score (nSPS) is 14.1. The van der Waals surface area contributed by atoms with Crippen molar-refractivity contribution in [3.63, 3.8) is 0 Å². The van der Waals surface area contributed by atoms with Crippen LogP contribution in [0.3, 0.4) is 0 Å². The van der Waals surface area contributed by atoms with E-state index in [0.717, 1.165) is 31.7 Å². The molecule has 0 bridgehead atoms. The molecular weight excluding hydrogens is 599 g/mol. The van der Waals surface area contributed by atoms with E-state index in [-0.39, 0.29) is 12.3 Å². The lowest BCUT2D eigenvalue weighted by atomic mass is 9.92. The van der Waals surface area contributed by atoms with E-state index in [1.807, 2.05) is 42.5 Å². The topological polar surface area (TPSA) is 119 Å². The van der Waals surface area contributed by atoms with Crippen molar-refractivity contribution in [1.82, 2.24) is 4.98 Å². The third-order valence-corrected chi connectivity index (χ3v) is 10.7. The Morgan fingerprint density at radius 1 is 0.932 bits per heavy atom. The third kappa shape index (κ3) is 6.87. The summed E-state index contributed by atoms with van der Waals surface area (Å²) >= 11 is 6.13. The second-order valence-electron chi connectivity index (χ2n) is 11.0. The number of nitrogens with zero attached hydrogens (tertiary/aromatic N) is 3. The van der Waals surface area contributed by atoms with Crippen LogP contribution in [0.4, 0.5) is 17.4 Å². The molecule has 0 atom stereocenters. The van der Waals surface area contributed by atoms with Gasteiger partial charge in [0.1, 0.15) is 11.5 Å². The number of halogens is 1. The van der Waals surface area contributed by atoms with Gasteiger partial charge in [0.05, 0.1) is 5.16 Å². The van der Waals surface area contributed by atoms with Crippen LogP contribution in [0.25, 0.3) is 11.3 Å². The molecule has 9 nitrogen and oxygen atoms in total. The van der Waals surface area contributed by atoms with Gasteiger partial charge in [0.25, 0.3) is 6.01 Å². The average Bonchev–Trinajstić information content (AvgIpc) is 3.46. The van der Waals surface area contributed by atoms with Crippen molar-refractivity contribution in [3.8, 4) is 11.3 Å². The summed E-state index contributed by atoms with van der Waals surface area (Å²) in [7, 11) is -4.39. The summed E-state index contributed by atoms with van der Waals surface area (Å²) in [5, 5.41) is 2.27. The van der Waals surface area contributed by atoms with Crippen LogP contribution in [0.5, 0.6) is 0 Å². The van der Waals surface area contributed by atoms with E-state index >= 15 is 0 Å². The van der Waals surface area contributed by atoms with Gasteiger partial charge in [-0.3, -0.25) is 9.36 Å². The summed E-state index contributed by atoms with van der Waals surface area (Å²) in [6.07, 6.45) is 1.11. The number of amides is 1. The molecule has 1 saturated heterocycles. The van der Waals surface area contributed by atoms with Gasteiger partial charge in [0.2, 0.25) is 5.91 Å². The maximum atomic E-state index is 13.0. The predicted octanol–water partition coefficient (Wildman–Crippen LogP) is 7.09. The Balaban J connectivity index is 1.28. The molecule has 1 aromatic heterocycles. The maximum Gasteiger partial charge on any atom is 0.335 e. The molecule has 5 rings (SSSR count).